The van der Waals surface area contributed by atoms with Gasteiger partial charge in [-0.3, -0.25) is 0 Å². The summed E-state index contributed by atoms with van der Waals surface area (Å²) in [6.07, 6.45) is 0. The fraction of sp³-hybridized carbons (Fsp3) is 0. The zero-order chi connectivity index (χ0) is 28.6. The van der Waals surface area contributed by atoms with Gasteiger partial charge in [-0.2, -0.15) is 0 Å². The lowest BCUT2D eigenvalue weighted by Crippen LogP contribution is -1.96. The van der Waals surface area contributed by atoms with E-state index in [1.54, 1.807) is 0 Å². The van der Waals surface area contributed by atoms with Crippen LogP contribution in [0.4, 0.5) is 0 Å². The largest absolute Gasteiger partial charge is 0.353 e. The molecule has 40 heavy (non-hydrogen) atoms. The SMILES string of the molecule is Clc1cccc(Cl)c1-n1c2cc3nc(cc4[nH]c(cc5nc(cc1c(Br)c2Br)C(Br)=C5Br)c(Br)c4Br)C(Br)=C3Br. The third kappa shape index (κ3) is 5.07. The second kappa shape index (κ2) is 11.6. The van der Waals surface area contributed by atoms with Gasteiger partial charge in [0.15, 0.2) is 0 Å². The van der Waals surface area contributed by atoms with Crippen molar-refractivity contribution in [3.8, 4) is 5.69 Å². The summed E-state index contributed by atoms with van der Waals surface area (Å²) >= 11 is 43.5. The van der Waals surface area contributed by atoms with Gasteiger partial charge in [0.1, 0.15) is 0 Å². The van der Waals surface area contributed by atoms with E-state index >= 15 is 0 Å². The van der Waals surface area contributed by atoms with E-state index in [2.05, 4.69) is 132 Å². The monoisotopic (exact) mass is 1080 g/mol. The van der Waals surface area contributed by atoms with Crippen molar-refractivity contribution >= 4 is 191 Å². The Hall–Kier alpha value is 0.240. The molecule has 0 radical (unpaired) electrons. The van der Waals surface area contributed by atoms with Gasteiger partial charge in [0, 0.05) is 0 Å². The number of hydrogen-bond donors (Lipinski definition) is 1. The first-order valence-corrected chi connectivity index (χ1v) is 18.1. The highest BCUT2D eigenvalue weighted by Crippen LogP contribution is 2.45. The maximum absolute atomic E-state index is 6.77. The molecule has 8 bridgehead atoms. The fourth-order valence-electron chi connectivity index (χ4n) is 4.26. The van der Waals surface area contributed by atoms with Crippen molar-refractivity contribution in [2.24, 2.45) is 0 Å². The van der Waals surface area contributed by atoms with Crippen LogP contribution in [0.5, 0.6) is 0 Å². The quantitative estimate of drug-likeness (QED) is 0.206. The molecular weight excluding hydrogens is 1080 g/mol. The van der Waals surface area contributed by atoms with E-state index in [-0.39, 0.29) is 0 Å². The molecule has 0 spiro atoms. The van der Waals surface area contributed by atoms with Crippen molar-refractivity contribution in [2.45, 2.75) is 0 Å². The molecule has 0 aliphatic carbocycles. The summed E-state index contributed by atoms with van der Waals surface area (Å²) in [6.45, 7) is 0. The van der Waals surface area contributed by atoms with E-state index in [4.69, 9.17) is 33.2 Å². The van der Waals surface area contributed by atoms with Crippen molar-refractivity contribution in [1.29, 1.82) is 0 Å². The molecule has 6 rings (SSSR count). The molecule has 2 aliphatic heterocycles. The average molecular weight is 1090 g/mol. The number of aromatic amines is 1. The summed E-state index contributed by atoms with van der Waals surface area (Å²) in [5, 5.41) is 0.985. The highest BCUT2D eigenvalue weighted by molar-refractivity contribution is 9.18. The molecule has 3 aromatic heterocycles. The van der Waals surface area contributed by atoms with Gasteiger partial charge in [0.05, 0.1) is 96.4 Å². The molecule has 0 saturated heterocycles. The number of fused-ring (bicyclic) bond motifs is 8. The summed E-state index contributed by atoms with van der Waals surface area (Å²) in [5.41, 5.74) is 6.75. The highest BCUT2D eigenvalue weighted by atomic mass is 79.9. The summed E-state index contributed by atoms with van der Waals surface area (Å²) in [5.74, 6) is 0. The van der Waals surface area contributed by atoms with Crippen molar-refractivity contribution < 1.29 is 0 Å². The molecule has 202 valence electrons. The summed E-state index contributed by atoms with van der Waals surface area (Å²) in [4.78, 5) is 13.3. The van der Waals surface area contributed by atoms with Crippen LogP contribution in [-0.2, 0) is 0 Å². The van der Waals surface area contributed by atoms with Gasteiger partial charge in [-0.15, -0.1) is 0 Å². The molecule has 0 amide bonds. The number of benzene rings is 1. The Balaban J connectivity index is 1.89. The lowest BCUT2D eigenvalue weighted by Gasteiger charge is -2.11. The number of nitrogens with one attached hydrogen (secondary N) is 1. The van der Waals surface area contributed by atoms with Crippen LogP contribution in [-0.4, -0.2) is 19.5 Å². The van der Waals surface area contributed by atoms with Crippen LogP contribution in [0.15, 0.2) is 60.4 Å². The summed E-state index contributed by atoms with van der Waals surface area (Å²) in [7, 11) is 0. The number of H-pyrrole nitrogens is 1. The van der Waals surface area contributed by atoms with Crippen LogP contribution in [0.3, 0.4) is 0 Å². The second-order valence-electron chi connectivity index (χ2n) is 8.48. The van der Waals surface area contributed by atoms with Crippen LogP contribution in [0, 0.1) is 0 Å². The van der Waals surface area contributed by atoms with Crippen molar-refractivity contribution in [1.82, 2.24) is 19.5 Å². The molecule has 1 aromatic carbocycles. The molecule has 2 aliphatic rings. The molecule has 4 aromatic rings. The number of halogens is 10. The van der Waals surface area contributed by atoms with Crippen molar-refractivity contribution in [3.63, 3.8) is 0 Å². The summed E-state index contributed by atoms with van der Waals surface area (Å²) in [6, 6.07) is 13.3. The topological polar surface area (TPSA) is 46.5 Å². The zero-order valence-electron chi connectivity index (χ0n) is 19.2. The second-order valence-corrected chi connectivity index (χ2v) is 15.6. The minimum atomic E-state index is 0.492. The van der Waals surface area contributed by atoms with Crippen LogP contribution >= 0.6 is 151 Å². The van der Waals surface area contributed by atoms with Gasteiger partial charge in [-0.1, -0.05) is 29.3 Å². The number of nitrogens with zero attached hydrogens (tertiary/aromatic N) is 3. The smallest absolute Gasteiger partial charge is 0.0836 e. The molecule has 0 unspecified atom stereocenters. The van der Waals surface area contributed by atoms with E-state index < -0.39 is 0 Å². The first kappa shape index (κ1) is 30.3. The third-order valence-electron chi connectivity index (χ3n) is 6.10. The number of para-hydroxylation sites is 1. The van der Waals surface area contributed by atoms with E-state index in [0.717, 1.165) is 69.3 Å². The average Bonchev–Trinajstić information content (AvgIpc) is 3.52. The first-order valence-electron chi connectivity index (χ1n) is 11.0. The molecule has 14 heteroatoms. The van der Waals surface area contributed by atoms with Crippen LogP contribution < -0.4 is 0 Å². The van der Waals surface area contributed by atoms with Gasteiger partial charge in [0.2, 0.25) is 0 Å². The van der Waals surface area contributed by atoms with Crippen molar-refractivity contribution in [3.05, 3.63) is 93.2 Å². The molecule has 0 saturated carbocycles. The lowest BCUT2D eigenvalue weighted by atomic mass is 10.3. The van der Waals surface area contributed by atoms with Crippen LogP contribution in [0.2, 0.25) is 10.0 Å². The number of aromatic nitrogens is 4. The molecule has 4 nitrogen and oxygen atoms in total. The Labute approximate surface area is 305 Å². The Morgan fingerprint density at radius 2 is 0.925 bits per heavy atom. The van der Waals surface area contributed by atoms with Crippen LogP contribution in [0.1, 0.15) is 22.8 Å². The molecule has 0 atom stereocenters. The van der Waals surface area contributed by atoms with E-state index in [1.807, 2.05) is 47.0 Å². The van der Waals surface area contributed by atoms with E-state index in [1.165, 1.54) is 0 Å². The standard InChI is InChI=1S/C26H8Br8Cl2N4/c27-18-10-4-12-20(29)22(31)14(38-12)6-16-24(33)25(34)17(40(16)26-8(35)2-1-3-9(26)36)7-15-23(32)21(30)13(39-15)5-11(37-10)19(18)28/h1-7,37H. The predicted octanol–water partition coefficient (Wildman–Crippen LogP) is 13.4. The Morgan fingerprint density at radius 3 is 1.32 bits per heavy atom. The predicted molar refractivity (Wildman–Crippen MR) is 196 cm³/mol. The molecule has 5 heterocycles. The third-order valence-corrected chi connectivity index (χ3v) is 15.3. The van der Waals surface area contributed by atoms with E-state index in [0.29, 0.717) is 27.1 Å². The van der Waals surface area contributed by atoms with Gasteiger partial charge in [-0.25, -0.2) is 9.97 Å². The lowest BCUT2D eigenvalue weighted by molar-refractivity contribution is 1.17. The van der Waals surface area contributed by atoms with Gasteiger partial charge in [0.25, 0.3) is 0 Å². The minimum Gasteiger partial charge on any atom is -0.353 e. The first-order chi connectivity index (χ1) is 19.0. The Bertz CT molecular complexity index is 1890. The van der Waals surface area contributed by atoms with E-state index in [9.17, 15) is 0 Å². The number of hydrogen-bond acceptors (Lipinski definition) is 2. The Kier molecular flexibility index (Phi) is 8.80. The molecule has 0 fully saturated rings. The van der Waals surface area contributed by atoms with Gasteiger partial charge >= 0.3 is 0 Å². The number of rotatable bonds is 1. The fourth-order valence-corrected chi connectivity index (χ4v) is 8.30. The maximum Gasteiger partial charge on any atom is 0.0836 e. The molecule has 1 N–H and O–H groups in total. The Morgan fingerprint density at radius 1 is 0.550 bits per heavy atom. The normalized spacial score (nSPS) is 13.6. The van der Waals surface area contributed by atoms with Crippen LogP contribution in [0.25, 0.3) is 45.7 Å². The maximum atomic E-state index is 6.77. The molecular formula is C26H8Br8Cl2N4. The highest BCUT2D eigenvalue weighted by Gasteiger charge is 2.23. The van der Waals surface area contributed by atoms with Gasteiger partial charge < -0.3 is 9.55 Å². The minimum absolute atomic E-state index is 0.492. The van der Waals surface area contributed by atoms with Crippen molar-refractivity contribution in [2.75, 3.05) is 0 Å². The zero-order valence-corrected chi connectivity index (χ0v) is 33.4. The summed E-state index contributed by atoms with van der Waals surface area (Å²) < 4.78 is 8.55. The van der Waals surface area contributed by atoms with Gasteiger partial charge in [-0.05, 0) is 164 Å².